The predicted molar refractivity (Wildman–Crippen MR) is 103 cm³/mol. The summed E-state index contributed by atoms with van der Waals surface area (Å²) in [5, 5.41) is 0.636. The van der Waals surface area contributed by atoms with Crippen molar-refractivity contribution >= 4 is 17.5 Å². The van der Waals surface area contributed by atoms with Crippen molar-refractivity contribution in [3.63, 3.8) is 0 Å². The summed E-state index contributed by atoms with van der Waals surface area (Å²) in [6.07, 6.45) is 0. The third-order valence-electron chi connectivity index (χ3n) is 3.92. The molecule has 3 rings (SSSR count). The van der Waals surface area contributed by atoms with E-state index in [1.54, 1.807) is 43.4 Å². The van der Waals surface area contributed by atoms with Gasteiger partial charge in [0.1, 0.15) is 36.3 Å². The van der Waals surface area contributed by atoms with E-state index in [1.807, 2.05) is 0 Å². The van der Waals surface area contributed by atoms with E-state index in [9.17, 15) is 9.18 Å². The first kappa shape index (κ1) is 19.8. The van der Waals surface area contributed by atoms with Crippen LogP contribution in [0.25, 0.3) is 0 Å². The lowest BCUT2D eigenvalue weighted by molar-refractivity contribution is 0.0738. The molecule has 0 aliphatic heterocycles. The van der Waals surface area contributed by atoms with E-state index in [0.29, 0.717) is 35.4 Å². The van der Waals surface area contributed by atoms with Crippen LogP contribution < -0.4 is 9.47 Å². The highest BCUT2D eigenvalue weighted by molar-refractivity contribution is 6.30. The number of amides is 1. The van der Waals surface area contributed by atoms with Gasteiger partial charge in [-0.2, -0.15) is 0 Å². The van der Waals surface area contributed by atoms with Crippen LogP contribution in [-0.2, 0) is 6.61 Å². The topological polar surface area (TPSA) is 51.9 Å². The number of likely N-dealkylation sites (N-methyl/N-ethyl adjacent to an activating group) is 1. The molecule has 3 aromatic rings. The van der Waals surface area contributed by atoms with Crippen LogP contribution in [0.15, 0.2) is 65.1 Å². The Morgan fingerprint density at radius 2 is 1.64 bits per heavy atom. The van der Waals surface area contributed by atoms with Gasteiger partial charge in [0.05, 0.1) is 6.54 Å². The highest BCUT2D eigenvalue weighted by Crippen LogP contribution is 2.17. The first-order valence-electron chi connectivity index (χ1n) is 8.62. The molecule has 0 aliphatic rings. The molecule has 0 spiro atoms. The van der Waals surface area contributed by atoms with Crippen LogP contribution in [0.1, 0.15) is 16.3 Å². The Morgan fingerprint density at radius 3 is 2.36 bits per heavy atom. The molecule has 28 heavy (non-hydrogen) atoms. The standard InChI is InChI=1S/C21H19ClFNO4/c1-24(12-13-26-17-6-2-15(22)3-7-17)21(25)20-11-10-19(28-20)14-27-18-8-4-16(23)5-9-18/h2-11H,12-14H2,1H3. The molecule has 0 saturated carbocycles. The summed E-state index contributed by atoms with van der Waals surface area (Å²) in [7, 11) is 1.67. The zero-order chi connectivity index (χ0) is 19.9. The Balaban J connectivity index is 1.47. The summed E-state index contributed by atoms with van der Waals surface area (Å²) < 4.78 is 29.5. The van der Waals surface area contributed by atoms with Gasteiger partial charge in [-0.15, -0.1) is 0 Å². The molecule has 7 heteroatoms. The SMILES string of the molecule is CN(CCOc1ccc(Cl)cc1)C(=O)c1ccc(COc2ccc(F)cc2)o1. The maximum absolute atomic E-state index is 12.9. The summed E-state index contributed by atoms with van der Waals surface area (Å²) >= 11 is 5.83. The normalized spacial score (nSPS) is 10.5. The van der Waals surface area contributed by atoms with Gasteiger partial charge in [0.15, 0.2) is 5.76 Å². The minimum Gasteiger partial charge on any atom is -0.492 e. The molecule has 0 N–H and O–H groups in total. The molecule has 1 amide bonds. The number of hydrogen-bond acceptors (Lipinski definition) is 4. The van der Waals surface area contributed by atoms with Crippen LogP contribution in [-0.4, -0.2) is 31.0 Å². The van der Waals surface area contributed by atoms with Crippen LogP contribution in [0, 0.1) is 5.82 Å². The van der Waals surface area contributed by atoms with Crippen molar-refractivity contribution in [1.29, 1.82) is 0 Å². The fraction of sp³-hybridized carbons (Fsp3) is 0.190. The zero-order valence-electron chi connectivity index (χ0n) is 15.2. The van der Waals surface area contributed by atoms with E-state index in [-0.39, 0.29) is 24.1 Å². The number of hydrogen-bond donors (Lipinski definition) is 0. The van der Waals surface area contributed by atoms with Gasteiger partial charge in [-0.25, -0.2) is 4.39 Å². The lowest BCUT2D eigenvalue weighted by atomic mass is 10.3. The van der Waals surface area contributed by atoms with E-state index in [2.05, 4.69) is 0 Å². The molecule has 2 aromatic carbocycles. The minimum atomic E-state index is -0.332. The summed E-state index contributed by atoms with van der Waals surface area (Å²) in [4.78, 5) is 13.9. The van der Waals surface area contributed by atoms with Crippen molar-refractivity contribution in [2.45, 2.75) is 6.61 Å². The van der Waals surface area contributed by atoms with Crippen LogP contribution in [0.4, 0.5) is 4.39 Å². The third kappa shape index (κ3) is 5.50. The second-order valence-electron chi connectivity index (χ2n) is 6.04. The van der Waals surface area contributed by atoms with Crippen molar-refractivity contribution in [2.75, 3.05) is 20.2 Å². The Morgan fingerprint density at radius 1 is 1.00 bits per heavy atom. The van der Waals surface area contributed by atoms with E-state index >= 15 is 0 Å². The number of rotatable bonds is 8. The zero-order valence-corrected chi connectivity index (χ0v) is 16.0. The number of halogens is 2. The molecule has 1 aromatic heterocycles. The van der Waals surface area contributed by atoms with Gasteiger partial charge in [-0.1, -0.05) is 11.6 Å². The van der Waals surface area contributed by atoms with E-state index in [1.165, 1.54) is 29.2 Å². The van der Waals surface area contributed by atoms with Gasteiger partial charge in [0.25, 0.3) is 5.91 Å². The fourth-order valence-electron chi connectivity index (χ4n) is 2.38. The molecule has 0 saturated heterocycles. The molecule has 0 unspecified atom stereocenters. The van der Waals surface area contributed by atoms with Crippen LogP contribution in [0.2, 0.25) is 5.02 Å². The molecular weight excluding hydrogens is 385 g/mol. The summed E-state index contributed by atoms with van der Waals surface area (Å²) in [6.45, 7) is 0.872. The molecule has 0 atom stereocenters. The van der Waals surface area contributed by atoms with Crippen molar-refractivity contribution in [3.05, 3.63) is 83.0 Å². The molecular formula is C21H19ClFNO4. The van der Waals surface area contributed by atoms with Gasteiger partial charge < -0.3 is 18.8 Å². The second kappa shape index (κ2) is 9.28. The lowest BCUT2D eigenvalue weighted by Gasteiger charge is -2.16. The number of benzene rings is 2. The highest BCUT2D eigenvalue weighted by Gasteiger charge is 2.16. The molecule has 0 fully saturated rings. The number of carbonyl (C=O) groups is 1. The molecule has 0 bridgehead atoms. The van der Waals surface area contributed by atoms with Crippen molar-refractivity contribution < 1.29 is 23.1 Å². The summed E-state index contributed by atoms with van der Waals surface area (Å²) in [5.74, 6) is 1.32. The number of carbonyl (C=O) groups excluding carboxylic acids is 1. The molecule has 0 radical (unpaired) electrons. The number of nitrogens with zero attached hydrogens (tertiary/aromatic N) is 1. The number of ether oxygens (including phenoxy) is 2. The second-order valence-corrected chi connectivity index (χ2v) is 6.47. The average Bonchev–Trinajstić information content (AvgIpc) is 3.17. The van der Waals surface area contributed by atoms with E-state index in [0.717, 1.165) is 0 Å². The van der Waals surface area contributed by atoms with Crippen molar-refractivity contribution in [2.24, 2.45) is 0 Å². The summed E-state index contributed by atoms with van der Waals surface area (Å²) in [5.41, 5.74) is 0. The maximum atomic E-state index is 12.9. The van der Waals surface area contributed by atoms with E-state index < -0.39 is 0 Å². The quantitative estimate of drug-likeness (QED) is 0.542. The van der Waals surface area contributed by atoms with Crippen molar-refractivity contribution in [3.8, 4) is 11.5 Å². The molecule has 5 nitrogen and oxygen atoms in total. The highest BCUT2D eigenvalue weighted by atomic mass is 35.5. The number of furan rings is 1. The van der Waals surface area contributed by atoms with Crippen molar-refractivity contribution in [1.82, 2.24) is 4.90 Å². The van der Waals surface area contributed by atoms with Gasteiger partial charge in [-0.3, -0.25) is 4.79 Å². The Hall–Kier alpha value is -2.99. The fourth-order valence-corrected chi connectivity index (χ4v) is 2.50. The maximum Gasteiger partial charge on any atom is 0.289 e. The van der Waals surface area contributed by atoms with Gasteiger partial charge in [0.2, 0.25) is 0 Å². The van der Waals surface area contributed by atoms with Crippen LogP contribution in [0.3, 0.4) is 0 Å². The Kier molecular flexibility index (Phi) is 6.55. The molecule has 1 heterocycles. The van der Waals surface area contributed by atoms with Gasteiger partial charge >= 0.3 is 0 Å². The van der Waals surface area contributed by atoms with Crippen LogP contribution in [0.5, 0.6) is 11.5 Å². The molecule has 0 aliphatic carbocycles. The van der Waals surface area contributed by atoms with E-state index in [4.69, 9.17) is 25.5 Å². The first-order chi connectivity index (χ1) is 13.5. The average molecular weight is 404 g/mol. The largest absolute Gasteiger partial charge is 0.492 e. The Labute approximate surface area is 167 Å². The first-order valence-corrected chi connectivity index (χ1v) is 9.00. The molecule has 146 valence electrons. The minimum absolute atomic E-state index is 0.141. The van der Waals surface area contributed by atoms with Gasteiger partial charge in [-0.05, 0) is 60.7 Å². The predicted octanol–water partition coefficient (Wildman–Crippen LogP) is 4.80. The Bertz CT molecular complexity index is 909. The lowest BCUT2D eigenvalue weighted by Crippen LogP contribution is -2.30. The van der Waals surface area contributed by atoms with Gasteiger partial charge in [0, 0.05) is 12.1 Å². The smallest absolute Gasteiger partial charge is 0.289 e. The van der Waals surface area contributed by atoms with Crippen LogP contribution >= 0.6 is 11.6 Å². The summed E-state index contributed by atoms with van der Waals surface area (Å²) in [6, 6.07) is 16.0. The third-order valence-corrected chi connectivity index (χ3v) is 4.17. The monoisotopic (exact) mass is 403 g/mol.